The summed E-state index contributed by atoms with van der Waals surface area (Å²) >= 11 is 6.49. The number of sulfone groups is 1. The topological polar surface area (TPSA) is 75.8 Å². The van der Waals surface area contributed by atoms with Crippen LogP contribution in [0.15, 0.2) is 79.7 Å². The van der Waals surface area contributed by atoms with Crippen molar-refractivity contribution in [1.82, 2.24) is 9.78 Å². The van der Waals surface area contributed by atoms with Gasteiger partial charge in [-0.3, -0.25) is 0 Å². The molecule has 0 aliphatic heterocycles. The van der Waals surface area contributed by atoms with Crippen LogP contribution in [0.3, 0.4) is 0 Å². The van der Waals surface area contributed by atoms with Crippen LogP contribution in [0.4, 0.5) is 0 Å². The molecule has 0 amide bonds. The van der Waals surface area contributed by atoms with Crippen molar-refractivity contribution in [3.63, 3.8) is 0 Å². The third-order valence-electron chi connectivity index (χ3n) is 3.54. The molecule has 5 nitrogen and oxygen atoms in total. The molecule has 0 unspecified atom stereocenters. The average Bonchev–Trinajstić information content (AvgIpc) is 3.16. The zero-order chi connectivity index (χ0) is 18.7. The highest BCUT2D eigenvalue weighted by Crippen LogP contribution is 2.30. The van der Waals surface area contributed by atoms with Gasteiger partial charge in [-0.25, -0.2) is 13.1 Å². The minimum atomic E-state index is -3.95. The molecule has 0 radical (unpaired) electrons. The Morgan fingerprint density at radius 2 is 1.88 bits per heavy atom. The zero-order valence-corrected chi connectivity index (χ0v) is 17.2. The Labute approximate surface area is 167 Å². The van der Waals surface area contributed by atoms with Crippen LogP contribution in [0.25, 0.3) is 11.8 Å². The Morgan fingerprint density at radius 3 is 2.50 bits per heavy atom. The average molecular weight is 493 g/mol. The molecule has 0 aliphatic carbocycles. The second-order valence-corrected chi connectivity index (χ2v) is 8.90. The lowest BCUT2D eigenvalue weighted by Gasteiger charge is -2.07. The monoisotopic (exact) mass is 491 g/mol. The second kappa shape index (κ2) is 7.58. The Bertz CT molecular complexity index is 1110. The number of nitrogens with zero attached hydrogens (tertiary/aromatic N) is 3. The number of allylic oxidation sites excluding steroid dienone is 1. The van der Waals surface area contributed by atoms with Gasteiger partial charge in [0.25, 0.3) is 0 Å². The van der Waals surface area contributed by atoms with Crippen LogP contribution in [0.1, 0.15) is 5.56 Å². The molecule has 26 heavy (non-hydrogen) atoms. The summed E-state index contributed by atoms with van der Waals surface area (Å²) in [5, 5.41) is 13.5. The van der Waals surface area contributed by atoms with Crippen LogP contribution >= 0.6 is 31.9 Å². The lowest BCUT2D eigenvalue weighted by molar-refractivity contribution is 0.603. The maximum atomic E-state index is 12.8. The van der Waals surface area contributed by atoms with Crippen molar-refractivity contribution < 1.29 is 8.42 Å². The first-order chi connectivity index (χ1) is 12.4. The van der Waals surface area contributed by atoms with Crippen molar-refractivity contribution in [2.45, 2.75) is 4.90 Å². The molecule has 8 heteroatoms. The molecule has 0 spiro atoms. The van der Waals surface area contributed by atoms with E-state index in [2.05, 4.69) is 37.0 Å². The van der Waals surface area contributed by atoms with E-state index in [1.54, 1.807) is 59.5 Å². The Kier molecular flexibility index (Phi) is 5.41. The van der Waals surface area contributed by atoms with E-state index in [1.165, 1.54) is 12.1 Å². The van der Waals surface area contributed by atoms with Crippen LogP contribution in [0, 0.1) is 11.3 Å². The molecule has 1 aromatic heterocycles. The summed E-state index contributed by atoms with van der Waals surface area (Å²) in [5.74, 6) is 0. The highest BCUT2D eigenvalue weighted by molar-refractivity contribution is 9.11. The first-order valence-corrected chi connectivity index (χ1v) is 10.4. The second-order valence-electron chi connectivity index (χ2n) is 5.24. The normalized spacial score (nSPS) is 12.0. The Hall–Kier alpha value is -2.21. The van der Waals surface area contributed by atoms with Gasteiger partial charge >= 0.3 is 0 Å². The number of halogens is 2. The molecule has 0 bridgehead atoms. The Balaban J connectivity index is 2.00. The van der Waals surface area contributed by atoms with Crippen molar-refractivity contribution >= 4 is 47.8 Å². The van der Waals surface area contributed by atoms with E-state index in [-0.39, 0.29) is 9.80 Å². The smallest absolute Gasteiger partial charge is 0.217 e. The lowest BCUT2D eigenvalue weighted by Crippen LogP contribution is -2.04. The van der Waals surface area contributed by atoms with E-state index in [0.29, 0.717) is 14.5 Å². The maximum absolute atomic E-state index is 12.8. The number of hydrogen-bond donors (Lipinski definition) is 0. The molecule has 0 saturated carbocycles. The molecular weight excluding hydrogens is 482 g/mol. The predicted octanol–water partition coefficient (Wildman–Crippen LogP) is 4.74. The van der Waals surface area contributed by atoms with E-state index < -0.39 is 9.84 Å². The van der Waals surface area contributed by atoms with Crippen LogP contribution in [0.5, 0.6) is 0 Å². The van der Waals surface area contributed by atoms with E-state index in [9.17, 15) is 13.7 Å². The Morgan fingerprint density at radius 1 is 1.15 bits per heavy atom. The van der Waals surface area contributed by atoms with Gasteiger partial charge in [0, 0.05) is 21.3 Å². The van der Waals surface area contributed by atoms with Gasteiger partial charge < -0.3 is 0 Å². The fourth-order valence-electron chi connectivity index (χ4n) is 2.27. The third-order valence-corrected chi connectivity index (χ3v) is 6.69. The fourth-order valence-corrected chi connectivity index (χ4v) is 4.92. The summed E-state index contributed by atoms with van der Waals surface area (Å²) in [5.41, 5.74) is 1.44. The van der Waals surface area contributed by atoms with Gasteiger partial charge in [-0.05, 0) is 64.0 Å². The van der Waals surface area contributed by atoms with E-state index in [4.69, 9.17) is 0 Å². The number of aromatic nitrogens is 2. The first kappa shape index (κ1) is 18.6. The van der Waals surface area contributed by atoms with Crippen molar-refractivity contribution in [3.05, 3.63) is 80.3 Å². The highest BCUT2D eigenvalue weighted by Gasteiger charge is 2.23. The molecule has 0 fully saturated rings. The SMILES string of the molecule is N#C/C(=C/c1ccc(-n2cccn2)cc1)S(=O)(=O)c1cc(Br)ccc1Br. The molecule has 130 valence electrons. The standard InChI is InChI=1S/C18H11Br2N3O2S/c19-14-4-7-17(20)18(11-14)26(24,25)16(12-21)10-13-2-5-15(6-3-13)23-9-1-8-22-23/h1-11H/b16-10-. The molecule has 3 rings (SSSR count). The maximum Gasteiger partial charge on any atom is 0.217 e. The summed E-state index contributed by atoms with van der Waals surface area (Å²) in [6.45, 7) is 0. The summed E-state index contributed by atoms with van der Waals surface area (Å²) in [6, 6.07) is 15.5. The first-order valence-electron chi connectivity index (χ1n) is 7.34. The van der Waals surface area contributed by atoms with Crippen molar-refractivity contribution in [3.8, 4) is 11.8 Å². The fraction of sp³-hybridized carbons (Fsp3) is 0. The molecule has 0 N–H and O–H groups in total. The van der Waals surface area contributed by atoms with Gasteiger partial charge in [0.05, 0.1) is 10.6 Å². The summed E-state index contributed by atoms with van der Waals surface area (Å²) in [4.78, 5) is -0.295. The summed E-state index contributed by atoms with van der Waals surface area (Å²) in [6.07, 6.45) is 4.83. The largest absolute Gasteiger partial charge is 0.241 e. The van der Waals surface area contributed by atoms with Crippen LogP contribution < -0.4 is 0 Å². The molecule has 1 heterocycles. The number of hydrogen-bond acceptors (Lipinski definition) is 4. The van der Waals surface area contributed by atoms with E-state index in [1.807, 2.05) is 6.07 Å². The quantitative estimate of drug-likeness (QED) is 0.493. The summed E-state index contributed by atoms with van der Waals surface area (Å²) in [7, 11) is -3.95. The van der Waals surface area contributed by atoms with Crippen molar-refractivity contribution in [1.29, 1.82) is 5.26 Å². The molecule has 0 atom stereocenters. The molecular formula is C18H11Br2N3O2S. The van der Waals surface area contributed by atoms with Crippen molar-refractivity contribution in [2.75, 3.05) is 0 Å². The van der Waals surface area contributed by atoms with E-state index >= 15 is 0 Å². The highest BCUT2D eigenvalue weighted by atomic mass is 79.9. The minimum Gasteiger partial charge on any atom is -0.241 e. The van der Waals surface area contributed by atoms with Crippen LogP contribution in [-0.4, -0.2) is 18.2 Å². The van der Waals surface area contributed by atoms with Gasteiger partial charge in [-0.2, -0.15) is 10.4 Å². The van der Waals surface area contributed by atoms with Gasteiger partial charge in [-0.15, -0.1) is 0 Å². The van der Waals surface area contributed by atoms with Gasteiger partial charge in [0.2, 0.25) is 9.84 Å². The van der Waals surface area contributed by atoms with Gasteiger partial charge in [0.15, 0.2) is 0 Å². The van der Waals surface area contributed by atoms with E-state index in [0.717, 1.165) is 5.69 Å². The van der Waals surface area contributed by atoms with Gasteiger partial charge in [0.1, 0.15) is 11.0 Å². The molecule has 0 aliphatic rings. The summed E-state index contributed by atoms with van der Waals surface area (Å²) < 4.78 is 28.4. The molecule has 3 aromatic rings. The van der Waals surface area contributed by atoms with Crippen LogP contribution in [-0.2, 0) is 9.84 Å². The van der Waals surface area contributed by atoms with Crippen LogP contribution in [0.2, 0.25) is 0 Å². The van der Waals surface area contributed by atoms with Crippen molar-refractivity contribution in [2.24, 2.45) is 0 Å². The van der Waals surface area contributed by atoms with Gasteiger partial charge in [-0.1, -0.05) is 28.1 Å². The minimum absolute atomic E-state index is 0.0350. The molecule has 0 saturated heterocycles. The number of rotatable bonds is 4. The third kappa shape index (κ3) is 3.80. The number of benzene rings is 2. The lowest BCUT2D eigenvalue weighted by atomic mass is 10.2. The number of nitriles is 1. The molecule has 2 aromatic carbocycles. The predicted molar refractivity (Wildman–Crippen MR) is 106 cm³/mol. The zero-order valence-electron chi connectivity index (χ0n) is 13.2.